The van der Waals surface area contributed by atoms with Gasteiger partial charge in [0.2, 0.25) is 0 Å². The van der Waals surface area contributed by atoms with Crippen LogP contribution in [0.25, 0.3) is 11.0 Å². The van der Waals surface area contributed by atoms with Gasteiger partial charge in [0.25, 0.3) is 0 Å². The van der Waals surface area contributed by atoms with E-state index < -0.39 is 0 Å². The number of hydrogen-bond donors (Lipinski definition) is 1. The van der Waals surface area contributed by atoms with E-state index >= 15 is 0 Å². The Morgan fingerprint density at radius 1 is 1.37 bits per heavy atom. The van der Waals surface area contributed by atoms with Crippen molar-refractivity contribution in [1.29, 1.82) is 0 Å². The molecule has 3 rings (SSSR count). The van der Waals surface area contributed by atoms with Crippen LogP contribution >= 0.6 is 0 Å². The van der Waals surface area contributed by atoms with Crippen molar-refractivity contribution in [1.82, 2.24) is 25.5 Å². The zero-order valence-corrected chi connectivity index (χ0v) is 10.9. The summed E-state index contributed by atoms with van der Waals surface area (Å²) in [6.07, 6.45) is 0.643. The van der Waals surface area contributed by atoms with E-state index in [-0.39, 0.29) is 6.04 Å². The Morgan fingerprint density at radius 3 is 2.89 bits per heavy atom. The Bertz CT molecular complexity index is 654. The van der Waals surface area contributed by atoms with Crippen molar-refractivity contribution >= 4 is 11.0 Å². The number of likely N-dealkylation sites (N-methyl/N-ethyl adjacent to an activating group) is 1. The molecule has 1 atom stereocenters. The van der Waals surface area contributed by atoms with E-state index in [9.17, 15) is 0 Å². The summed E-state index contributed by atoms with van der Waals surface area (Å²) >= 11 is 0. The van der Waals surface area contributed by atoms with Gasteiger partial charge >= 0.3 is 0 Å². The Balaban J connectivity index is 1.88. The predicted molar refractivity (Wildman–Crippen MR) is 70.5 cm³/mol. The second-order valence-electron chi connectivity index (χ2n) is 4.43. The van der Waals surface area contributed by atoms with Crippen LogP contribution < -0.4 is 5.32 Å². The highest BCUT2D eigenvalue weighted by atomic mass is 16.3. The highest BCUT2D eigenvalue weighted by Crippen LogP contribution is 2.25. The molecule has 0 fully saturated rings. The van der Waals surface area contributed by atoms with Crippen molar-refractivity contribution in [2.45, 2.75) is 12.5 Å². The van der Waals surface area contributed by atoms with Gasteiger partial charge in [-0.25, -0.2) is 0 Å². The van der Waals surface area contributed by atoms with Crippen LogP contribution in [0, 0.1) is 0 Å². The fourth-order valence-corrected chi connectivity index (χ4v) is 2.11. The molecular weight excluding hydrogens is 242 g/mol. The summed E-state index contributed by atoms with van der Waals surface area (Å²) in [5.41, 5.74) is 0.893. The van der Waals surface area contributed by atoms with Gasteiger partial charge < -0.3 is 9.73 Å². The molecule has 0 amide bonds. The number of para-hydroxylation sites is 1. The van der Waals surface area contributed by atoms with Gasteiger partial charge in [-0.15, -0.1) is 10.2 Å². The van der Waals surface area contributed by atoms with E-state index in [1.165, 1.54) is 4.80 Å². The predicted octanol–water partition coefficient (Wildman–Crippen LogP) is 1.46. The van der Waals surface area contributed by atoms with Gasteiger partial charge in [-0.1, -0.05) is 18.2 Å². The molecule has 0 aliphatic carbocycles. The Kier molecular flexibility index (Phi) is 3.00. The van der Waals surface area contributed by atoms with Crippen LogP contribution in [0.5, 0.6) is 0 Å². The van der Waals surface area contributed by atoms with Crippen molar-refractivity contribution < 1.29 is 4.42 Å². The molecule has 0 bridgehead atoms. The summed E-state index contributed by atoms with van der Waals surface area (Å²) < 4.78 is 5.85. The molecule has 2 heterocycles. The van der Waals surface area contributed by atoms with Crippen LogP contribution in [0.1, 0.15) is 17.6 Å². The van der Waals surface area contributed by atoms with Gasteiger partial charge in [0.15, 0.2) is 5.82 Å². The highest BCUT2D eigenvalue weighted by Gasteiger charge is 2.17. The fraction of sp³-hybridized carbons (Fsp3) is 0.308. The minimum absolute atomic E-state index is 0.0385. The first-order valence-electron chi connectivity index (χ1n) is 6.15. The second kappa shape index (κ2) is 4.81. The van der Waals surface area contributed by atoms with Gasteiger partial charge in [0, 0.05) is 11.8 Å². The quantitative estimate of drug-likeness (QED) is 0.766. The first-order valence-corrected chi connectivity index (χ1v) is 6.15. The maximum atomic E-state index is 5.85. The van der Waals surface area contributed by atoms with Crippen LogP contribution in [0.2, 0.25) is 0 Å². The van der Waals surface area contributed by atoms with Crippen molar-refractivity contribution in [2.24, 2.45) is 7.05 Å². The number of aromatic nitrogens is 4. The smallest absolute Gasteiger partial charge is 0.176 e. The fourth-order valence-electron chi connectivity index (χ4n) is 2.11. The van der Waals surface area contributed by atoms with E-state index in [1.807, 2.05) is 37.4 Å². The Morgan fingerprint density at radius 2 is 2.21 bits per heavy atom. The second-order valence-corrected chi connectivity index (χ2v) is 4.43. The van der Waals surface area contributed by atoms with Crippen LogP contribution in [0.4, 0.5) is 0 Å². The van der Waals surface area contributed by atoms with Crippen molar-refractivity contribution in [2.75, 3.05) is 7.05 Å². The number of nitrogens with zero attached hydrogens (tertiary/aromatic N) is 4. The lowest BCUT2D eigenvalue weighted by molar-refractivity contribution is 0.444. The summed E-state index contributed by atoms with van der Waals surface area (Å²) in [7, 11) is 3.65. The van der Waals surface area contributed by atoms with E-state index in [0.717, 1.165) is 16.7 Å². The number of furan rings is 1. The molecule has 0 aliphatic heterocycles. The molecular formula is C13H15N5O. The van der Waals surface area contributed by atoms with Gasteiger partial charge in [-0.05, 0) is 24.4 Å². The zero-order valence-electron chi connectivity index (χ0n) is 10.9. The first-order chi connectivity index (χ1) is 9.26. The molecule has 0 aliphatic rings. The molecule has 6 heteroatoms. The SMILES string of the molecule is CNC(Cc1nnn(C)n1)c1cc2ccccc2o1. The monoisotopic (exact) mass is 257 g/mol. The third kappa shape index (κ3) is 2.34. The van der Waals surface area contributed by atoms with Crippen molar-refractivity contribution in [3.8, 4) is 0 Å². The average Bonchev–Trinajstić information content (AvgIpc) is 3.01. The lowest BCUT2D eigenvalue weighted by Crippen LogP contribution is -2.19. The molecule has 2 aromatic heterocycles. The lowest BCUT2D eigenvalue weighted by atomic mass is 10.1. The average molecular weight is 257 g/mol. The third-order valence-electron chi connectivity index (χ3n) is 3.07. The largest absolute Gasteiger partial charge is 0.459 e. The maximum Gasteiger partial charge on any atom is 0.176 e. The van der Waals surface area contributed by atoms with Gasteiger partial charge in [0.1, 0.15) is 11.3 Å². The molecule has 19 heavy (non-hydrogen) atoms. The van der Waals surface area contributed by atoms with Crippen molar-refractivity contribution in [3.05, 3.63) is 41.9 Å². The molecule has 6 nitrogen and oxygen atoms in total. The number of nitrogens with one attached hydrogen (secondary N) is 1. The van der Waals surface area contributed by atoms with Crippen LogP contribution in [0.15, 0.2) is 34.7 Å². The summed E-state index contributed by atoms with van der Waals surface area (Å²) in [4.78, 5) is 1.46. The topological polar surface area (TPSA) is 68.8 Å². The van der Waals surface area contributed by atoms with Crippen LogP contribution in [0.3, 0.4) is 0 Å². The molecule has 1 aromatic carbocycles. The molecule has 0 saturated carbocycles. The molecule has 3 aromatic rings. The Hall–Kier alpha value is -2.21. The van der Waals surface area contributed by atoms with E-state index in [0.29, 0.717) is 12.2 Å². The minimum atomic E-state index is 0.0385. The van der Waals surface area contributed by atoms with Crippen LogP contribution in [-0.4, -0.2) is 27.3 Å². The molecule has 1 N–H and O–H groups in total. The number of hydrogen-bond acceptors (Lipinski definition) is 5. The van der Waals surface area contributed by atoms with Gasteiger partial charge in [0.05, 0.1) is 13.1 Å². The molecule has 0 spiro atoms. The van der Waals surface area contributed by atoms with Gasteiger partial charge in [-0.3, -0.25) is 0 Å². The third-order valence-corrected chi connectivity index (χ3v) is 3.07. The zero-order chi connectivity index (χ0) is 13.2. The number of tetrazole rings is 1. The van der Waals surface area contributed by atoms with Gasteiger partial charge in [-0.2, -0.15) is 4.80 Å². The summed E-state index contributed by atoms with van der Waals surface area (Å²) in [5, 5.41) is 16.4. The standard InChI is InChI=1S/C13H15N5O/c1-14-10(8-13-15-17-18(2)16-13)12-7-9-5-3-4-6-11(9)19-12/h3-7,10,14H,8H2,1-2H3. The Labute approximate surface area is 110 Å². The number of benzene rings is 1. The molecule has 0 saturated heterocycles. The normalized spacial score (nSPS) is 12.9. The summed E-state index contributed by atoms with van der Waals surface area (Å²) in [6.45, 7) is 0. The molecule has 0 radical (unpaired) electrons. The summed E-state index contributed by atoms with van der Waals surface area (Å²) in [6, 6.07) is 10.1. The summed E-state index contributed by atoms with van der Waals surface area (Å²) in [5.74, 6) is 1.58. The highest BCUT2D eigenvalue weighted by molar-refractivity contribution is 5.77. The first kappa shape index (κ1) is 11.9. The number of aryl methyl sites for hydroxylation is 1. The maximum absolute atomic E-state index is 5.85. The number of rotatable bonds is 4. The van der Waals surface area contributed by atoms with E-state index in [4.69, 9.17) is 4.42 Å². The van der Waals surface area contributed by atoms with E-state index in [1.54, 1.807) is 7.05 Å². The van der Waals surface area contributed by atoms with E-state index in [2.05, 4.69) is 20.7 Å². The van der Waals surface area contributed by atoms with Crippen LogP contribution in [-0.2, 0) is 13.5 Å². The molecule has 98 valence electrons. The number of fused-ring (bicyclic) bond motifs is 1. The lowest BCUT2D eigenvalue weighted by Gasteiger charge is -2.10. The molecule has 1 unspecified atom stereocenters. The minimum Gasteiger partial charge on any atom is -0.459 e. The van der Waals surface area contributed by atoms with Crippen molar-refractivity contribution in [3.63, 3.8) is 0 Å².